The number of primary amides is 1. The van der Waals surface area contributed by atoms with Gasteiger partial charge >= 0.3 is 0 Å². The second-order valence-electron chi connectivity index (χ2n) is 5.34. The second kappa shape index (κ2) is 6.84. The Morgan fingerprint density at radius 3 is 2.45 bits per heavy atom. The molecule has 0 fully saturated rings. The summed E-state index contributed by atoms with van der Waals surface area (Å²) in [7, 11) is -4.21. The molecule has 122 valence electrons. The molecule has 0 saturated heterocycles. The van der Waals surface area contributed by atoms with Gasteiger partial charge in [-0.25, -0.2) is 8.42 Å². The predicted molar refractivity (Wildman–Crippen MR) is 80.6 cm³/mol. The first-order valence-corrected chi connectivity index (χ1v) is 8.03. The Kier molecular flexibility index (Phi) is 5.61. The SMILES string of the molecule is Cc1cccc([N+](=O)[O-])c1S(=O)(=O)N(CC(N)=O)CC(C)C. The van der Waals surface area contributed by atoms with Crippen LogP contribution in [0.1, 0.15) is 19.4 Å². The number of carbonyl (C=O) groups is 1. The van der Waals surface area contributed by atoms with Gasteiger partial charge in [0.25, 0.3) is 15.7 Å². The fraction of sp³-hybridized carbons (Fsp3) is 0.462. The number of rotatable bonds is 7. The van der Waals surface area contributed by atoms with Crippen LogP contribution in [0.2, 0.25) is 0 Å². The van der Waals surface area contributed by atoms with Gasteiger partial charge in [0.2, 0.25) is 5.91 Å². The Labute approximate surface area is 129 Å². The zero-order chi connectivity index (χ0) is 17.1. The number of hydrogen-bond acceptors (Lipinski definition) is 5. The Morgan fingerprint density at radius 1 is 1.41 bits per heavy atom. The molecule has 0 bridgehead atoms. The molecule has 9 heteroatoms. The minimum absolute atomic E-state index is 0.0385. The van der Waals surface area contributed by atoms with Crippen molar-refractivity contribution < 1.29 is 18.1 Å². The summed E-state index contributed by atoms with van der Waals surface area (Å²) in [5.41, 5.74) is 4.83. The topological polar surface area (TPSA) is 124 Å². The van der Waals surface area contributed by atoms with Gasteiger partial charge in [-0.2, -0.15) is 4.31 Å². The Bertz CT molecular complexity index is 685. The zero-order valence-corrected chi connectivity index (χ0v) is 13.5. The fourth-order valence-electron chi connectivity index (χ4n) is 2.07. The lowest BCUT2D eigenvalue weighted by Gasteiger charge is -2.23. The molecule has 0 saturated carbocycles. The maximum atomic E-state index is 12.8. The van der Waals surface area contributed by atoms with Crippen LogP contribution in [0.3, 0.4) is 0 Å². The van der Waals surface area contributed by atoms with E-state index in [0.29, 0.717) is 0 Å². The molecule has 0 aliphatic carbocycles. The first kappa shape index (κ1) is 18.1. The predicted octanol–water partition coefficient (Wildman–Crippen LogP) is 1.04. The van der Waals surface area contributed by atoms with Gasteiger partial charge < -0.3 is 5.73 Å². The highest BCUT2D eigenvalue weighted by Gasteiger charge is 2.34. The summed E-state index contributed by atoms with van der Waals surface area (Å²) in [5.74, 6) is -0.891. The van der Waals surface area contributed by atoms with Crippen molar-refractivity contribution in [3.8, 4) is 0 Å². The first-order chi connectivity index (χ1) is 10.1. The van der Waals surface area contributed by atoms with Crippen molar-refractivity contribution in [2.45, 2.75) is 25.7 Å². The number of nitro groups is 1. The molecule has 0 heterocycles. The molecular weight excluding hydrogens is 310 g/mol. The molecule has 0 aromatic heterocycles. The summed E-state index contributed by atoms with van der Waals surface area (Å²) in [6.45, 7) is 4.53. The van der Waals surface area contributed by atoms with E-state index in [9.17, 15) is 23.3 Å². The van der Waals surface area contributed by atoms with Crippen molar-refractivity contribution >= 4 is 21.6 Å². The number of nitrogens with two attached hydrogens (primary N) is 1. The molecule has 2 N–H and O–H groups in total. The number of amides is 1. The molecule has 8 nitrogen and oxygen atoms in total. The van der Waals surface area contributed by atoms with Crippen molar-refractivity contribution in [1.29, 1.82) is 0 Å². The average Bonchev–Trinajstić information content (AvgIpc) is 2.36. The lowest BCUT2D eigenvalue weighted by Crippen LogP contribution is -2.40. The molecule has 0 spiro atoms. The maximum absolute atomic E-state index is 12.8. The quantitative estimate of drug-likeness (QED) is 0.591. The molecule has 0 aliphatic rings. The summed E-state index contributed by atoms with van der Waals surface area (Å²) in [5, 5.41) is 11.1. The van der Waals surface area contributed by atoms with E-state index in [1.165, 1.54) is 19.1 Å². The van der Waals surface area contributed by atoms with Crippen molar-refractivity contribution in [2.24, 2.45) is 11.7 Å². The van der Waals surface area contributed by atoms with Crippen LogP contribution in [-0.4, -0.2) is 36.6 Å². The number of nitro benzene ring substituents is 1. The largest absolute Gasteiger partial charge is 0.369 e. The molecule has 0 aliphatic heterocycles. The first-order valence-electron chi connectivity index (χ1n) is 6.59. The highest BCUT2D eigenvalue weighted by molar-refractivity contribution is 7.89. The van der Waals surface area contributed by atoms with Crippen molar-refractivity contribution in [3.63, 3.8) is 0 Å². The Hall–Kier alpha value is -2.00. The molecular formula is C13H19N3O5S. The molecule has 22 heavy (non-hydrogen) atoms. The van der Waals surface area contributed by atoms with Crippen LogP contribution in [0, 0.1) is 23.0 Å². The smallest absolute Gasteiger partial charge is 0.289 e. The minimum atomic E-state index is -4.21. The second-order valence-corrected chi connectivity index (χ2v) is 7.21. The van der Waals surface area contributed by atoms with E-state index >= 15 is 0 Å². The van der Waals surface area contributed by atoms with E-state index in [2.05, 4.69) is 0 Å². The van der Waals surface area contributed by atoms with Crippen LogP contribution in [0.4, 0.5) is 5.69 Å². The van der Waals surface area contributed by atoms with E-state index in [0.717, 1.165) is 10.4 Å². The number of benzene rings is 1. The monoisotopic (exact) mass is 329 g/mol. The molecule has 0 radical (unpaired) electrons. The van der Waals surface area contributed by atoms with Crippen LogP contribution in [0.25, 0.3) is 0 Å². The zero-order valence-electron chi connectivity index (χ0n) is 12.6. The summed E-state index contributed by atoms with van der Waals surface area (Å²) in [4.78, 5) is 21.1. The third kappa shape index (κ3) is 4.01. The van der Waals surface area contributed by atoms with Crippen LogP contribution in [0.5, 0.6) is 0 Å². The Balaban J connectivity index is 3.49. The van der Waals surface area contributed by atoms with Crippen LogP contribution < -0.4 is 5.73 Å². The van der Waals surface area contributed by atoms with Gasteiger partial charge in [-0.05, 0) is 18.4 Å². The van der Waals surface area contributed by atoms with E-state index in [-0.39, 0.29) is 18.0 Å². The number of nitrogens with zero attached hydrogens (tertiary/aromatic N) is 2. The lowest BCUT2D eigenvalue weighted by molar-refractivity contribution is -0.387. The summed E-state index contributed by atoms with van der Waals surface area (Å²) in [6, 6.07) is 4.00. The highest BCUT2D eigenvalue weighted by Crippen LogP contribution is 2.30. The van der Waals surface area contributed by atoms with Crippen LogP contribution in [-0.2, 0) is 14.8 Å². The van der Waals surface area contributed by atoms with Gasteiger partial charge in [0, 0.05) is 12.6 Å². The van der Waals surface area contributed by atoms with Gasteiger partial charge in [-0.15, -0.1) is 0 Å². The molecule has 1 aromatic rings. The molecule has 0 unspecified atom stereocenters. The van der Waals surface area contributed by atoms with E-state index in [1.54, 1.807) is 13.8 Å². The molecule has 0 atom stereocenters. The number of hydrogen-bond donors (Lipinski definition) is 1. The molecule has 1 aromatic carbocycles. The number of carbonyl (C=O) groups excluding carboxylic acids is 1. The standard InChI is InChI=1S/C13H19N3O5S/c1-9(2)7-15(8-12(14)17)22(20,21)13-10(3)5-4-6-11(13)16(18)19/h4-6,9H,7-8H2,1-3H3,(H2,14,17). The Morgan fingerprint density at radius 2 is 2.00 bits per heavy atom. The third-order valence-corrected chi connectivity index (χ3v) is 4.89. The summed E-state index contributed by atoms with van der Waals surface area (Å²) < 4.78 is 26.4. The summed E-state index contributed by atoms with van der Waals surface area (Å²) in [6.07, 6.45) is 0. The van der Waals surface area contributed by atoms with Crippen molar-refractivity contribution in [1.82, 2.24) is 4.31 Å². The van der Waals surface area contributed by atoms with Gasteiger partial charge in [0.05, 0.1) is 11.5 Å². The molecule has 1 amide bonds. The normalized spacial score (nSPS) is 11.9. The van der Waals surface area contributed by atoms with Gasteiger partial charge in [-0.1, -0.05) is 26.0 Å². The van der Waals surface area contributed by atoms with E-state index < -0.39 is 38.0 Å². The van der Waals surface area contributed by atoms with Gasteiger partial charge in [-0.3, -0.25) is 14.9 Å². The lowest BCUT2D eigenvalue weighted by atomic mass is 10.2. The van der Waals surface area contributed by atoms with Crippen LogP contribution in [0.15, 0.2) is 23.1 Å². The van der Waals surface area contributed by atoms with Crippen LogP contribution >= 0.6 is 0 Å². The average molecular weight is 329 g/mol. The maximum Gasteiger partial charge on any atom is 0.289 e. The van der Waals surface area contributed by atoms with Gasteiger partial charge in [0.1, 0.15) is 0 Å². The molecule has 1 rings (SSSR count). The number of aryl methyl sites for hydroxylation is 1. The third-order valence-electron chi connectivity index (χ3n) is 2.89. The van der Waals surface area contributed by atoms with Gasteiger partial charge in [0.15, 0.2) is 4.90 Å². The summed E-state index contributed by atoms with van der Waals surface area (Å²) >= 11 is 0. The number of sulfonamides is 1. The highest BCUT2D eigenvalue weighted by atomic mass is 32.2. The van der Waals surface area contributed by atoms with Crippen molar-refractivity contribution in [3.05, 3.63) is 33.9 Å². The minimum Gasteiger partial charge on any atom is -0.369 e. The van der Waals surface area contributed by atoms with E-state index in [1.807, 2.05) is 0 Å². The van der Waals surface area contributed by atoms with Crippen molar-refractivity contribution in [2.75, 3.05) is 13.1 Å². The fourth-order valence-corrected chi connectivity index (χ4v) is 4.01. The van der Waals surface area contributed by atoms with E-state index in [4.69, 9.17) is 5.73 Å².